The van der Waals surface area contributed by atoms with E-state index in [1.54, 1.807) is 7.11 Å². The molecule has 0 aliphatic rings. The van der Waals surface area contributed by atoms with Crippen LogP contribution in [0.3, 0.4) is 0 Å². The van der Waals surface area contributed by atoms with Crippen LogP contribution in [-0.2, 0) is 13.2 Å². The summed E-state index contributed by atoms with van der Waals surface area (Å²) in [6, 6.07) is 9.73. The molecule has 2 rings (SSSR count). The highest BCUT2D eigenvalue weighted by atomic mass is 16.5. The number of hydrogen-bond donors (Lipinski definition) is 1. The molecule has 57 heavy (non-hydrogen) atoms. The lowest BCUT2D eigenvalue weighted by atomic mass is 10.0. The van der Waals surface area contributed by atoms with Crippen molar-refractivity contribution < 1.29 is 24.1 Å². The van der Waals surface area contributed by atoms with Crippen molar-refractivity contribution in [3.8, 4) is 23.0 Å². The summed E-state index contributed by atoms with van der Waals surface area (Å²) in [5.41, 5.74) is 2.79. The van der Waals surface area contributed by atoms with Crippen molar-refractivity contribution in [3.63, 3.8) is 0 Å². The molecule has 1 N–H and O–H groups in total. The standard InChI is InChI=1S/C52H90O5/c1-5-7-9-11-13-15-17-19-21-23-25-27-29-31-33-35-39-55-50-41-47(45-57-52-43-49(54-4)38-37-48(52)44-53)42-51(46(50)3)56-40-36-34-32-30-28-26-24-22-20-18-16-14-12-10-8-6-2/h37-38,41-43,53H,5-36,39-40,44-45H2,1-4H3. The van der Waals surface area contributed by atoms with Gasteiger partial charge in [0.2, 0.25) is 0 Å². The SMILES string of the molecule is CCCCCCCCCCCCCCCCCCOc1cc(COc2cc(OC)ccc2CO)cc(OCCCCCCCCCCCCCCCCCC)c1C. The van der Waals surface area contributed by atoms with Crippen LogP contribution in [-0.4, -0.2) is 25.4 Å². The summed E-state index contributed by atoms with van der Waals surface area (Å²) in [5, 5.41) is 9.89. The van der Waals surface area contributed by atoms with E-state index in [1.807, 2.05) is 18.2 Å². The average molecular weight is 795 g/mol. The van der Waals surface area contributed by atoms with Gasteiger partial charge in [-0.15, -0.1) is 0 Å². The fraction of sp³-hybridized carbons (Fsp3) is 0.769. The second kappa shape index (κ2) is 36.7. The minimum atomic E-state index is -0.0887. The molecule has 0 spiro atoms. The maximum absolute atomic E-state index is 9.89. The highest BCUT2D eigenvalue weighted by Gasteiger charge is 2.13. The van der Waals surface area contributed by atoms with Crippen molar-refractivity contribution in [2.75, 3.05) is 20.3 Å². The van der Waals surface area contributed by atoms with Crippen molar-refractivity contribution in [2.24, 2.45) is 0 Å². The van der Waals surface area contributed by atoms with Gasteiger partial charge in [-0.25, -0.2) is 0 Å². The molecule has 0 bridgehead atoms. The van der Waals surface area contributed by atoms with E-state index in [-0.39, 0.29) is 6.61 Å². The quantitative estimate of drug-likeness (QED) is 0.0680. The Bertz CT molecular complexity index is 1140. The van der Waals surface area contributed by atoms with Crippen LogP contribution in [0.5, 0.6) is 23.0 Å². The highest BCUT2D eigenvalue weighted by molar-refractivity contribution is 5.47. The molecule has 0 radical (unpaired) electrons. The number of ether oxygens (including phenoxy) is 4. The normalized spacial score (nSPS) is 11.3. The largest absolute Gasteiger partial charge is 0.497 e. The van der Waals surface area contributed by atoms with Crippen LogP contribution in [0.2, 0.25) is 0 Å². The Morgan fingerprint density at radius 2 is 0.772 bits per heavy atom. The van der Waals surface area contributed by atoms with Gasteiger partial charge in [0.1, 0.15) is 29.6 Å². The van der Waals surface area contributed by atoms with Crippen LogP contribution in [0.4, 0.5) is 0 Å². The van der Waals surface area contributed by atoms with Gasteiger partial charge in [-0.2, -0.15) is 0 Å². The minimum absolute atomic E-state index is 0.0887. The van der Waals surface area contributed by atoms with E-state index >= 15 is 0 Å². The molecule has 0 aromatic heterocycles. The first kappa shape index (κ1) is 50.7. The maximum atomic E-state index is 9.89. The molecule has 0 saturated heterocycles. The number of aliphatic hydroxyl groups is 1. The smallest absolute Gasteiger partial charge is 0.129 e. The second-order valence-corrected chi connectivity index (χ2v) is 16.9. The monoisotopic (exact) mass is 795 g/mol. The maximum Gasteiger partial charge on any atom is 0.129 e. The Morgan fingerprint density at radius 3 is 1.11 bits per heavy atom. The van der Waals surface area contributed by atoms with E-state index in [0.29, 0.717) is 31.3 Å². The van der Waals surface area contributed by atoms with Gasteiger partial charge in [0, 0.05) is 17.2 Å². The van der Waals surface area contributed by atoms with Gasteiger partial charge in [-0.3, -0.25) is 0 Å². The number of rotatable bonds is 41. The summed E-state index contributed by atoms with van der Waals surface area (Å²) in [7, 11) is 1.64. The van der Waals surface area contributed by atoms with E-state index < -0.39 is 0 Å². The molecular formula is C52H90O5. The zero-order valence-corrected chi connectivity index (χ0v) is 37.9. The molecule has 0 amide bonds. The van der Waals surface area contributed by atoms with E-state index in [4.69, 9.17) is 18.9 Å². The Hall–Kier alpha value is -2.40. The van der Waals surface area contributed by atoms with Crippen LogP contribution < -0.4 is 18.9 Å². The van der Waals surface area contributed by atoms with Gasteiger partial charge >= 0.3 is 0 Å². The van der Waals surface area contributed by atoms with Crippen molar-refractivity contribution in [3.05, 3.63) is 47.0 Å². The van der Waals surface area contributed by atoms with E-state index in [2.05, 4.69) is 32.9 Å². The number of methoxy groups -OCH3 is 1. The van der Waals surface area contributed by atoms with E-state index in [1.165, 1.54) is 193 Å². The number of unbranched alkanes of at least 4 members (excludes halogenated alkanes) is 30. The zero-order valence-electron chi connectivity index (χ0n) is 37.9. The molecule has 0 saturated carbocycles. The van der Waals surface area contributed by atoms with E-state index in [9.17, 15) is 5.11 Å². The van der Waals surface area contributed by atoms with Gasteiger partial charge in [0.25, 0.3) is 0 Å². The van der Waals surface area contributed by atoms with Crippen LogP contribution in [0, 0.1) is 6.92 Å². The molecule has 2 aromatic carbocycles. The summed E-state index contributed by atoms with van der Waals surface area (Å²) in [6.07, 6.45) is 43.6. The molecule has 328 valence electrons. The summed E-state index contributed by atoms with van der Waals surface area (Å²) in [6.45, 7) is 8.39. The topological polar surface area (TPSA) is 57.2 Å². The highest BCUT2D eigenvalue weighted by Crippen LogP contribution is 2.32. The van der Waals surface area contributed by atoms with E-state index in [0.717, 1.165) is 41.0 Å². The summed E-state index contributed by atoms with van der Waals surface area (Å²) >= 11 is 0. The second-order valence-electron chi connectivity index (χ2n) is 16.9. The van der Waals surface area contributed by atoms with Crippen molar-refractivity contribution in [1.82, 2.24) is 0 Å². The molecule has 0 heterocycles. The lowest BCUT2D eigenvalue weighted by Crippen LogP contribution is -2.06. The third kappa shape index (κ3) is 26.3. The van der Waals surface area contributed by atoms with Gasteiger partial charge in [-0.05, 0) is 49.6 Å². The number of aliphatic hydroxyl groups excluding tert-OH is 1. The molecule has 5 heteroatoms. The Kier molecular flexibility index (Phi) is 32.6. The van der Waals surface area contributed by atoms with Crippen molar-refractivity contribution >= 4 is 0 Å². The Morgan fingerprint density at radius 1 is 0.421 bits per heavy atom. The predicted molar refractivity (Wildman–Crippen MR) is 245 cm³/mol. The fourth-order valence-corrected chi connectivity index (χ4v) is 7.85. The summed E-state index contributed by atoms with van der Waals surface area (Å²) < 4.78 is 24.5. The Balaban J connectivity index is 1.70. The van der Waals surface area contributed by atoms with Gasteiger partial charge in [0.05, 0.1) is 26.9 Å². The van der Waals surface area contributed by atoms with Crippen LogP contribution in [0.1, 0.15) is 236 Å². The predicted octanol–water partition coefficient (Wildman–Crippen LogP) is 16.4. The first-order chi connectivity index (χ1) is 28.1. The van der Waals surface area contributed by atoms with Crippen molar-refractivity contribution in [1.29, 1.82) is 0 Å². The third-order valence-corrected chi connectivity index (χ3v) is 11.7. The first-order valence-electron chi connectivity index (χ1n) is 24.4. The lowest BCUT2D eigenvalue weighted by Gasteiger charge is -2.17. The molecule has 0 fully saturated rings. The summed E-state index contributed by atoms with van der Waals surface area (Å²) in [4.78, 5) is 0. The van der Waals surface area contributed by atoms with Gasteiger partial charge < -0.3 is 24.1 Å². The summed E-state index contributed by atoms with van der Waals surface area (Å²) in [5.74, 6) is 3.10. The fourth-order valence-electron chi connectivity index (χ4n) is 7.85. The first-order valence-corrected chi connectivity index (χ1v) is 24.4. The molecule has 2 aromatic rings. The average Bonchev–Trinajstić information content (AvgIpc) is 3.23. The lowest BCUT2D eigenvalue weighted by molar-refractivity contribution is 0.256. The van der Waals surface area contributed by atoms with Crippen LogP contribution >= 0.6 is 0 Å². The van der Waals surface area contributed by atoms with Crippen LogP contribution in [0.25, 0.3) is 0 Å². The molecule has 0 aliphatic carbocycles. The number of hydrogen-bond acceptors (Lipinski definition) is 5. The molecule has 0 atom stereocenters. The third-order valence-electron chi connectivity index (χ3n) is 11.7. The molecule has 5 nitrogen and oxygen atoms in total. The van der Waals surface area contributed by atoms with Gasteiger partial charge in [0.15, 0.2) is 0 Å². The van der Waals surface area contributed by atoms with Crippen molar-refractivity contribution in [2.45, 2.75) is 239 Å². The zero-order chi connectivity index (χ0) is 40.9. The number of benzene rings is 2. The molecular weight excluding hydrogens is 705 g/mol. The minimum Gasteiger partial charge on any atom is -0.497 e. The van der Waals surface area contributed by atoms with Crippen LogP contribution in [0.15, 0.2) is 30.3 Å². The molecule has 0 unspecified atom stereocenters. The van der Waals surface area contributed by atoms with Gasteiger partial charge in [-0.1, -0.05) is 206 Å². The Labute approximate surface area is 352 Å². The molecule has 0 aliphatic heterocycles.